The van der Waals surface area contributed by atoms with Crippen LogP contribution in [0.4, 0.5) is 4.39 Å². The van der Waals surface area contributed by atoms with Crippen LogP contribution in [0, 0.1) is 0 Å². The number of rotatable bonds is 23. The standard InChI is InChI=1S/C43H75FN2O30/c1-13(52)46-20-35(74-43-37(26(58)22(54)15(8-47)69-43)76-40-29(61)25(57)21(53)14(7-44)66-40)23(55)16(9-48)67-38(20)75-36-24(56)17(10-49)68-42(32(36)64)73-34-19(12-51)71-41(31(63)28(34)60)72-33-18(11-50)70-39(30(62)27(33)59)65-6-4-2-3-5-45/h14-43,47-51,53-64H,2-12,45H2,1H3,(H,46,52). The Morgan fingerprint density at radius 2 is 0.816 bits per heavy atom. The molecular weight excluding hydrogens is 1040 g/mol. The second kappa shape index (κ2) is 28.8. The van der Waals surface area contributed by atoms with Crippen LogP contribution in [-0.4, -0.2) is 330 Å². The van der Waals surface area contributed by atoms with Crippen molar-refractivity contribution in [3.63, 3.8) is 0 Å². The van der Waals surface area contributed by atoms with Gasteiger partial charge in [-0.3, -0.25) is 4.79 Å². The van der Waals surface area contributed by atoms with Crippen molar-refractivity contribution in [2.45, 2.75) is 210 Å². The van der Waals surface area contributed by atoms with Gasteiger partial charge in [-0.1, -0.05) is 0 Å². The minimum atomic E-state index is -2.24. The summed E-state index contributed by atoms with van der Waals surface area (Å²) in [4.78, 5) is 12.8. The fraction of sp³-hybridized carbons (Fsp3) is 0.977. The average molecular weight is 1120 g/mol. The Balaban J connectivity index is 1.20. The Labute approximate surface area is 432 Å². The molecule has 6 saturated heterocycles. The van der Waals surface area contributed by atoms with E-state index in [-0.39, 0.29) is 6.61 Å². The number of halogens is 1. The number of hydrogen-bond donors (Lipinski definition) is 19. The normalized spacial score (nSPS) is 48.4. The molecule has 1 amide bonds. The number of unbranched alkanes of at least 4 members (excludes halogenated alkanes) is 2. The van der Waals surface area contributed by atoms with E-state index in [9.17, 15) is 96.0 Å². The summed E-state index contributed by atoms with van der Waals surface area (Å²) in [6, 6.07) is -1.83. The van der Waals surface area contributed by atoms with Crippen LogP contribution in [-0.2, 0) is 61.6 Å². The van der Waals surface area contributed by atoms with E-state index in [1.54, 1.807) is 0 Å². The fourth-order valence-electron chi connectivity index (χ4n) is 9.62. The summed E-state index contributed by atoms with van der Waals surface area (Å²) in [6.45, 7) is -4.76. The molecule has 0 aromatic rings. The first-order valence-corrected chi connectivity index (χ1v) is 24.8. The van der Waals surface area contributed by atoms with Crippen LogP contribution in [0.15, 0.2) is 0 Å². The van der Waals surface area contributed by atoms with E-state index in [1.807, 2.05) is 0 Å². The monoisotopic (exact) mass is 1120 g/mol. The van der Waals surface area contributed by atoms with Crippen LogP contribution in [0.2, 0.25) is 0 Å². The number of hydrogen-bond acceptors (Lipinski definition) is 31. The van der Waals surface area contributed by atoms with Gasteiger partial charge >= 0.3 is 0 Å². The largest absolute Gasteiger partial charge is 0.394 e. The zero-order valence-electron chi connectivity index (χ0n) is 41.0. The molecule has 0 aromatic heterocycles. The number of amides is 1. The molecule has 30 atom stereocenters. The third-order valence-corrected chi connectivity index (χ3v) is 13.9. The van der Waals surface area contributed by atoms with E-state index >= 15 is 0 Å². The summed E-state index contributed by atoms with van der Waals surface area (Å²) in [5.74, 6) is -0.892. The molecule has 6 aliphatic heterocycles. The van der Waals surface area contributed by atoms with Gasteiger partial charge in [0.05, 0.1) is 33.0 Å². The number of carbonyl (C=O) groups is 1. The lowest BCUT2D eigenvalue weighted by Crippen LogP contribution is -2.70. The number of aliphatic hydroxyl groups excluding tert-OH is 17. The second-order valence-electron chi connectivity index (χ2n) is 19.2. The number of carbonyl (C=O) groups excluding carboxylic acids is 1. The number of alkyl halides is 1. The molecule has 0 radical (unpaired) electrons. The molecule has 6 aliphatic rings. The Hall–Kier alpha value is -1.80. The highest BCUT2D eigenvalue weighted by Crippen LogP contribution is 2.37. The predicted octanol–water partition coefficient (Wildman–Crippen LogP) is -11.8. The smallest absolute Gasteiger partial charge is 0.217 e. The molecule has 6 fully saturated rings. The van der Waals surface area contributed by atoms with Crippen molar-refractivity contribution in [2.24, 2.45) is 5.73 Å². The van der Waals surface area contributed by atoms with Gasteiger partial charge < -0.3 is 155 Å². The highest BCUT2D eigenvalue weighted by Gasteiger charge is 2.58. The van der Waals surface area contributed by atoms with Gasteiger partial charge in [0.1, 0.15) is 153 Å². The minimum Gasteiger partial charge on any atom is -0.394 e. The summed E-state index contributed by atoms with van der Waals surface area (Å²) in [5.41, 5.74) is 5.50. The summed E-state index contributed by atoms with van der Waals surface area (Å²) in [7, 11) is 0. The van der Waals surface area contributed by atoms with E-state index in [0.29, 0.717) is 25.8 Å². The van der Waals surface area contributed by atoms with Crippen molar-refractivity contribution in [3.05, 3.63) is 0 Å². The minimum absolute atomic E-state index is 0.104. The van der Waals surface area contributed by atoms with Gasteiger partial charge in [-0.05, 0) is 25.8 Å². The van der Waals surface area contributed by atoms with Crippen LogP contribution in [0.1, 0.15) is 26.2 Å². The van der Waals surface area contributed by atoms with E-state index in [1.165, 1.54) is 0 Å². The molecule has 33 heteroatoms. The van der Waals surface area contributed by atoms with E-state index in [2.05, 4.69) is 5.32 Å². The molecule has 0 saturated carbocycles. The van der Waals surface area contributed by atoms with Crippen LogP contribution < -0.4 is 11.1 Å². The molecule has 444 valence electrons. The second-order valence-corrected chi connectivity index (χ2v) is 19.2. The van der Waals surface area contributed by atoms with Crippen molar-refractivity contribution in [1.29, 1.82) is 0 Å². The third-order valence-electron chi connectivity index (χ3n) is 13.9. The van der Waals surface area contributed by atoms with Gasteiger partial charge in [-0.15, -0.1) is 0 Å². The molecule has 0 spiro atoms. The zero-order valence-corrected chi connectivity index (χ0v) is 41.0. The van der Waals surface area contributed by atoms with Crippen molar-refractivity contribution in [2.75, 3.05) is 52.9 Å². The van der Waals surface area contributed by atoms with Crippen molar-refractivity contribution < 1.29 is 153 Å². The molecule has 32 nitrogen and oxygen atoms in total. The lowest BCUT2D eigenvalue weighted by Gasteiger charge is -2.51. The van der Waals surface area contributed by atoms with Gasteiger partial charge in [0.15, 0.2) is 37.7 Å². The lowest BCUT2D eigenvalue weighted by atomic mass is 9.94. The maximum atomic E-state index is 13.8. The topological polar surface area (TPSA) is 510 Å². The maximum absolute atomic E-state index is 13.8. The molecule has 30 unspecified atom stereocenters. The number of nitrogens with two attached hydrogens (primary N) is 1. The number of aliphatic hydroxyl groups is 17. The quantitative estimate of drug-likeness (QED) is 0.0423. The van der Waals surface area contributed by atoms with Crippen LogP contribution in [0.5, 0.6) is 0 Å². The van der Waals surface area contributed by atoms with Gasteiger partial charge in [0.25, 0.3) is 0 Å². The van der Waals surface area contributed by atoms with E-state index in [0.717, 1.165) is 6.92 Å². The maximum Gasteiger partial charge on any atom is 0.217 e. The van der Waals surface area contributed by atoms with E-state index < -0.39 is 230 Å². The van der Waals surface area contributed by atoms with Crippen LogP contribution in [0.3, 0.4) is 0 Å². The lowest BCUT2D eigenvalue weighted by molar-refractivity contribution is -0.393. The molecule has 20 N–H and O–H groups in total. The summed E-state index contributed by atoms with van der Waals surface area (Å²) in [6.07, 6.45) is -53.7. The summed E-state index contributed by atoms with van der Waals surface area (Å²) in [5, 5.41) is 186. The van der Waals surface area contributed by atoms with Crippen LogP contribution in [0.25, 0.3) is 0 Å². The first kappa shape index (κ1) is 63.4. The first-order valence-electron chi connectivity index (χ1n) is 24.8. The summed E-state index contributed by atoms with van der Waals surface area (Å²) < 4.78 is 82.4. The number of ether oxygens (including phenoxy) is 12. The van der Waals surface area contributed by atoms with Crippen molar-refractivity contribution >= 4 is 5.91 Å². The SMILES string of the molecule is CC(=O)NC1C(OC2C(O)C(CO)OC(OC3C(CO)OC(OC4C(CO)OC(OCCCCCN)C(O)C4O)C(O)C3O)C2O)OC(CO)C(O)C1OC1OC(CO)C(O)C(O)C1OC1OC(CF)C(O)C(O)C1O. The third kappa shape index (κ3) is 14.1. The molecule has 0 bridgehead atoms. The Bertz CT molecular complexity index is 1740. The molecule has 0 aliphatic carbocycles. The first-order chi connectivity index (χ1) is 36.2. The molecular formula is C43H75FN2O30. The van der Waals surface area contributed by atoms with Crippen LogP contribution >= 0.6 is 0 Å². The highest BCUT2D eigenvalue weighted by atomic mass is 19.1. The van der Waals surface area contributed by atoms with Gasteiger partial charge in [0.2, 0.25) is 5.91 Å². The van der Waals surface area contributed by atoms with Gasteiger partial charge in [-0.25, -0.2) is 4.39 Å². The zero-order chi connectivity index (χ0) is 55.9. The predicted molar refractivity (Wildman–Crippen MR) is 236 cm³/mol. The van der Waals surface area contributed by atoms with Crippen molar-refractivity contribution in [1.82, 2.24) is 5.32 Å². The van der Waals surface area contributed by atoms with Gasteiger partial charge in [0, 0.05) is 13.5 Å². The molecule has 6 rings (SSSR count). The summed E-state index contributed by atoms with van der Waals surface area (Å²) >= 11 is 0. The van der Waals surface area contributed by atoms with Crippen molar-refractivity contribution in [3.8, 4) is 0 Å². The Kier molecular flexibility index (Phi) is 24.0. The molecule has 76 heavy (non-hydrogen) atoms. The Morgan fingerprint density at radius 3 is 1.36 bits per heavy atom. The highest BCUT2D eigenvalue weighted by molar-refractivity contribution is 5.73. The fourth-order valence-corrected chi connectivity index (χ4v) is 9.62. The van der Waals surface area contributed by atoms with E-state index in [4.69, 9.17) is 62.6 Å². The number of nitrogens with one attached hydrogen (secondary N) is 1. The molecule has 6 heterocycles. The average Bonchev–Trinajstić information content (AvgIpc) is 3.40. The van der Waals surface area contributed by atoms with Gasteiger partial charge in [-0.2, -0.15) is 0 Å². The molecule has 0 aromatic carbocycles. The Morgan fingerprint density at radius 1 is 0.421 bits per heavy atom.